The predicted octanol–water partition coefficient (Wildman–Crippen LogP) is 2.98. The summed E-state index contributed by atoms with van der Waals surface area (Å²) in [6.45, 7) is 3.04. The van der Waals surface area contributed by atoms with Gasteiger partial charge in [-0.2, -0.15) is 0 Å². The first-order chi connectivity index (χ1) is 7.25. The molecule has 0 bridgehead atoms. The van der Waals surface area contributed by atoms with Crippen molar-refractivity contribution in [3.8, 4) is 11.8 Å². The maximum absolute atomic E-state index is 13.4. The SMILES string of the molecule is CC#CCCNCc1cccc(Cl)c1F. The molecule has 0 aromatic heterocycles. The highest BCUT2D eigenvalue weighted by Gasteiger charge is 2.04. The van der Waals surface area contributed by atoms with Crippen LogP contribution in [-0.4, -0.2) is 6.54 Å². The zero-order valence-corrected chi connectivity index (χ0v) is 9.37. The minimum atomic E-state index is -0.340. The number of nitrogens with one attached hydrogen (secondary N) is 1. The summed E-state index contributed by atoms with van der Waals surface area (Å²) < 4.78 is 13.4. The third-order valence-electron chi connectivity index (χ3n) is 1.95. The normalized spacial score (nSPS) is 9.53. The Morgan fingerprint density at radius 1 is 1.47 bits per heavy atom. The van der Waals surface area contributed by atoms with Crippen molar-refractivity contribution < 1.29 is 4.39 Å². The summed E-state index contributed by atoms with van der Waals surface area (Å²) in [6, 6.07) is 5.01. The molecule has 0 unspecified atom stereocenters. The minimum absolute atomic E-state index is 0.169. The number of hydrogen-bond donors (Lipinski definition) is 1. The summed E-state index contributed by atoms with van der Waals surface area (Å²) >= 11 is 5.65. The van der Waals surface area contributed by atoms with Gasteiger partial charge in [-0.15, -0.1) is 11.8 Å². The third-order valence-corrected chi connectivity index (χ3v) is 2.24. The number of hydrogen-bond acceptors (Lipinski definition) is 1. The van der Waals surface area contributed by atoms with E-state index in [4.69, 9.17) is 11.6 Å². The summed E-state index contributed by atoms with van der Waals surface area (Å²) in [5.41, 5.74) is 0.590. The molecule has 0 saturated carbocycles. The van der Waals surface area contributed by atoms with Crippen LogP contribution in [0.4, 0.5) is 4.39 Å². The summed E-state index contributed by atoms with van der Waals surface area (Å²) in [4.78, 5) is 0. The second-order valence-electron chi connectivity index (χ2n) is 3.07. The average Bonchev–Trinajstić information content (AvgIpc) is 2.24. The highest BCUT2D eigenvalue weighted by molar-refractivity contribution is 6.30. The van der Waals surface area contributed by atoms with Gasteiger partial charge in [-0.3, -0.25) is 0 Å². The van der Waals surface area contributed by atoms with Gasteiger partial charge in [0.25, 0.3) is 0 Å². The molecule has 15 heavy (non-hydrogen) atoms. The highest BCUT2D eigenvalue weighted by atomic mass is 35.5. The first-order valence-electron chi connectivity index (χ1n) is 4.79. The number of rotatable bonds is 4. The van der Waals surface area contributed by atoms with E-state index in [0.717, 1.165) is 13.0 Å². The lowest BCUT2D eigenvalue weighted by Gasteiger charge is -2.05. The van der Waals surface area contributed by atoms with Crippen LogP contribution in [0.2, 0.25) is 5.02 Å². The summed E-state index contributed by atoms with van der Waals surface area (Å²) in [5.74, 6) is 5.39. The molecule has 0 radical (unpaired) electrons. The minimum Gasteiger partial charge on any atom is -0.312 e. The summed E-state index contributed by atoms with van der Waals surface area (Å²) in [5, 5.41) is 3.27. The topological polar surface area (TPSA) is 12.0 Å². The van der Waals surface area contributed by atoms with Crippen LogP contribution in [-0.2, 0) is 6.54 Å². The molecule has 0 aliphatic heterocycles. The zero-order chi connectivity index (χ0) is 11.1. The fraction of sp³-hybridized carbons (Fsp3) is 0.333. The molecule has 0 heterocycles. The summed E-state index contributed by atoms with van der Waals surface area (Å²) in [6.07, 6.45) is 0.776. The number of halogens is 2. The Morgan fingerprint density at radius 3 is 3.00 bits per heavy atom. The smallest absolute Gasteiger partial charge is 0.146 e. The van der Waals surface area contributed by atoms with Crippen molar-refractivity contribution in [2.24, 2.45) is 0 Å². The van der Waals surface area contributed by atoms with Crippen molar-refractivity contribution >= 4 is 11.6 Å². The molecule has 1 nitrogen and oxygen atoms in total. The van der Waals surface area contributed by atoms with Crippen LogP contribution < -0.4 is 5.32 Å². The third kappa shape index (κ3) is 3.91. The van der Waals surface area contributed by atoms with Gasteiger partial charge in [-0.05, 0) is 13.0 Å². The van der Waals surface area contributed by atoms with Crippen molar-refractivity contribution in [1.82, 2.24) is 5.32 Å². The standard InChI is InChI=1S/C12H13ClFN/c1-2-3-4-8-15-9-10-6-5-7-11(13)12(10)14/h5-7,15H,4,8-9H2,1H3. The van der Waals surface area contributed by atoms with Crippen LogP contribution in [0.5, 0.6) is 0 Å². The van der Waals surface area contributed by atoms with E-state index >= 15 is 0 Å². The molecule has 0 spiro atoms. The largest absolute Gasteiger partial charge is 0.312 e. The first kappa shape index (κ1) is 12.0. The van der Waals surface area contributed by atoms with E-state index in [9.17, 15) is 4.39 Å². The Bertz CT molecular complexity index is 379. The predicted molar refractivity (Wildman–Crippen MR) is 61.2 cm³/mol. The lowest BCUT2D eigenvalue weighted by molar-refractivity contribution is 0.591. The van der Waals surface area contributed by atoms with Gasteiger partial charge in [0.1, 0.15) is 5.82 Å². The lowest BCUT2D eigenvalue weighted by Crippen LogP contribution is -2.15. The molecule has 0 aliphatic carbocycles. The van der Waals surface area contributed by atoms with Gasteiger partial charge in [0.2, 0.25) is 0 Å². The van der Waals surface area contributed by atoms with Gasteiger partial charge in [0, 0.05) is 25.1 Å². The van der Waals surface area contributed by atoms with Gasteiger partial charge >= 0.3 is 0 Å². The van der Waals surface area contributed by atoms with Crippen LogP contribution in [0.25, 0.3) is 0 Å². The summed E-state index contributed by atoms with van der Waals surface area (Å²) in [7, 11) is 0. The first-order valence-corrected chi connectivity index (χ1v) is 5.16. The molecule has 0 aliphatic rings. The van der Waals surface area contributed by atoms with E-state index in [1.807, 2.05) is 0 Å². The molecule has 80 valence electrons. The van der Waals surface area contributed by atoms with Gasteiger partial charge in [-0.25, -0.2) is 4.39 Å². The molecule has 0 atom stereocenters. The van der Waals surface area contributed by atoms with Gasteiger partial charge in [0.15, 0.2) is 0 Å². The van der Waals surface area contributed by atoms with Gasteiger partial charge in [-0.1, -0.05) is 23.7 Å². The maximum atomic E-state index is 13.4. The molecule has 1 N–H and O–H groups in total. The Hall–Kier alpha value is -1.04. The van der Waals surface area contributed by atoms with Crippen molar-refractivity contribution in [3.05, 3.63) is 34.6 Å². The Balaban J connectivity index is 2.43. The maximum Gasteiger partial charge on any atom is 0.146 e. The monoisotopic (exact) mass is 225 g/mol. The Labute approximate surface area is 94.6 Å². The molecular formula is C12H13ClFN. The molecule has 1 aromatic carbocycles. The molecule has 1 rings (SSSR count). The van der Waals surface area contributed by atoms with E-state index < -0.39 is 0 Å². The number of benzene rings is 1. The molecule has 3 heteroatoms. The Morgan fingerprint density at radius 2 is 2.27 bits per heavy atom. The molecular weight excluding hydrogens is 213 g/mol. The molecule has 0 amide bonds. The average molecular weight is 226 g/mol. The quantitative estimate of drug-likeness (QED) is 0.614. The van der Waals surface area contributed by atoms with Gasteiger partial charge in [0.05, 0.1) is 5.02 Å². The van der Waals surface area contributed by atoms with E-state index in [1.54, 1.807) is 25.1 Å². The van der Waals surface area contributed by atoms with Crippen LogP contribution in [0, 0.1) is 17.7 Å². The van der Waals surface area contributed by atoms with Crippen molar-refractivity contribution in [2.75, 3.05) is 6.54 Å². The second kappa shape index (κ2) is 6.44. The van der Waals surface area contributed by atoms with Crippen LogP contribution in [0.1, 0.15) is 18.9 Å². The zero-order valence-electron chi connectivity index (χ0n) is 8.61. The highest BCUT2D eigenvalue weighted by Crippen LogP contribution is 2.17. The fourth-order valence-electron chi connectivity index (χ4n) is 1.18. The van der Waals surface area contributed by atoms with E-state index in [2.05, 4.69) is 17.2 Å². The van der Waals surface area contributed by atoms with Crippen molar-refractivity contribution in [1.29, 1.82) is 0 Å². The second-order valence-corrected chi connectivity index (χ2v) is 3.47. The van der Waals surface area contributed by atoms with E-state index in [1.165, 1.54) is 0 Å². The molecule has 0 fully saturated rings. The lowest BCUT2D eigenvalue weighted by atomic mass is 10.2. The molecule has 1 aromatic rings. The van der Waals surface area contributed by atoms with Gasteiger partial charge < -0.3 is 5.32 Å². The fourth-order valence-corrected chi connectivity index (χ4v) is 1.38. The van der Waals surface area contributed by atoms with Crippen molar-refractivity contribution in [2.45, 2.75) is 19.9 Å². The van der Waals surface area contributed by atoms with Crippen molar-refractivity contribution in [3.63, 3.8) is 0 Å². The van der Waals surface area contributed by atoms with Crippen LogP contribution in [0.3, 0.4) is 0 Å². The molecule has 0 saturated heterocycles. The van der Waals surface area contributed by atoms with E-state index in [0.29, 0.717) is 12.1 Å². The van der Waals surface area contributed by atoms with E-state index in [-0.39, 0.29) is 10.8 Å². The Kier molecular flexibility index (Phi) is 5.17. The van der Waals surface area contributed by atoms with Crippen LogP contribution >= 0.6 is 11.6 Å². The van der Waals surface area contributed by atoms with Crippen LogP contribution in [0.15, 0.2) is 18.2 Å².